The number of thiophene rings is 1. The first-order valence-corrected chi connectivity index (χ1v) is 5.41. The second kappa shape index (κ2) is 3.64. The number of anilines is 1. The Kier molecular flexibility index (Phi) is 2.43. The summed E-state index contributed by atoms with van der Waals surface area (Å²) in [5.74, 6) is -0.0780. The molecule has 2 aromatic rings. The Morgan fingerprint density at radius 1 is 1.50 bits per heavy atom. The van der Waals surface area contributed by atoms with Crippen molar-refractivity contribution in [2.45, 2.75) is 6.92 Å². The van der Waals surface area contributed by atoms with Gasteiger partial charge in [0.2, 0.25) is 5.91 Å². The molecule has 0 bridgehead atoms. The van der Waals surface area contributed by atoms with E-state index in [1.54, 1.807) is 19.2 Å². The standard InChI is InChI=1S/C10H10N2O3S/c1-6(13)11(2)9-5-7-8(16-9)3-4-12(7)10(14)15/h3-5H,1-2H3,(H,14,15). The van der Waals surface area contributed by atoms with E-state index in [1.807, 2.05) is 0 Å². The number of rotatable bonds is 1. The summed E-state index contributed by atoms with van der Waals surface area (Å²) >= 11 is 1.39. The quantitative estimate of drug-likeness (QED) is 0.828. The molecule has 0 fully saturated rings. The van der Waals surface area contributed by atoms with Crippen molar-refractivity contribution < 1.29 is 14.7 Å². The van der Waals surface area contributed by atoms with Crippen molar-refractivity contribution in [2.24, 2.45) is 0 Å². The Labute approximate surface area is 95.5 Å². The Morgan fingerprint density at radius 3 is 2.75 bits per heavy atom. The van der Waals surface area contributed by atoms with Gasteiger partial charge in [-0.05, 0) is 12.1 Å². The van der Waals surface area contributed by atoms with Crippen molar-refractivity contribution in [3.05, 3.63) is 18.3 Å². The van der Waals surface area contributed by atoms with Crippen LogP contribution >= 0.6 is 11.3 Å². The molecule has 2 aromatic heterocycles. The molecule has 84 valence electrons. The minimum Gasteiger partial charge on any atom is -0.464 e. The number of fused-ring (bicyclic) bond motifs is 1. The second-order valence-electron chi connectivity index (χ2n) is 3.38. The summed E-state index contributed by atoms with van der Waals surface area (Å²) in [6.07, 6.45) is 0.478. The fraction of sp³-hybridized carbons (Fsp3) is 0.200. The van der Waals surface area contributed by atoms with Crippen molar-refractivity contribution >= 4 is 38.6 Å². The molecule has 5 nitrogen and oxygen atoms in total. The van der Waals surface area contributed by atoms with E-state index in [0.29, 0.717) is 5.52 Å². The van der Waals surface area contributed by atoms with Crippen molar-refractivity contribution in [2.75, 3.05) is 11.9 Å². The number of carboxylic acid groups (broad SMARTS) is 1. The third kappa shape index (κ3) is 1.57. The largest absolute Gasteiger partial charge is 0.464 e. The van der Waals surface area contributed by atoms with Gasteiger partial charge in [-0.25, -0.2) is 4.79 Å². The van der Waals surface area contributed by atoms with Gasteiger partial charge in [-0.1, -0.05) is 0 Å². The number of carbonyl (C=O) groups excluding carboxylic acids is 1. The SMILES string of the molecule is CC(=O)N(C)c1cc2c(ccn2C(=O)O)s1. The normalized spacial score (nSPS) is 10.6. The van der Waals surface area contributed by atoms with Gasteiger partial charge >= 0.3 is 6.09 Å². The lowest BCUT2D eigenvalue weighted by molar-refractivity contribution is -0.116. The predicted octanol–water partition coefficient (Wildman–Crippen LogP) is 2.21. The maximum Gasteiger partial charge on any atom is 0.416 e. The minimum atomic E-state index is -1.02. The van der Waals surface area contributed by atoms with Gasteiger partial charge < -0.3 is 10.0 Å². The van der Waals surface area contributed by atoms with Gasteiger partial charge in [-0.15, -0.1) is 11.3 Å². The summed E-state index contributed by atoms with van der Waals surface area (Å²) in [6, 6.07) is 3.43. The monoisotopic (exact) mass is 238 g/mol. The van der Waals surface area contributed by atoms with E-state index in [9.17, 15) is 9.59 Å². The summed E-state index contributed by atoms with van der Waals surface area (Å²) in [4.78, 5) is 23.5. The summed E-state index contributed by atoms with van der Waals surface area (Å²) in [5, 5.41) is 9.66. The van der Waals surface area contributed by atoms with Crippen molar-refractivity contribution in [1.29, 1.82) is 0 Å². The highest BCUT2D eigenvalue weighted by Crippen LogP contribution is 2.32. The number of hydrogen-bond donors (Lipinski definition) is 1. The highest BCUT2D eigenvalue weighted by molar-refractivity contribution is 7.23. The second-order valence-corrected chi connectivity index (χ2v) is 4.44. The molecule has 0 aliphatic rings. The number of carbonyl (C=O) groups is 2. The predicted molar refractivity (Wildman–Crippen MR) is 62.3 cm³/mol. The lowest BCUT2D eigenvalue weighted by Crippen LogP contribution is -2.21. The summed E-state index contributed by atoms with van der Waals surface area (Å²) in [5.41, 5.74) is 0.612. The number of aromatic nitrogens is 1. The van der Waals surface area contributed by atoms with E-state index in [2.05, 4.69) is 0 Å². The lowest BCUT2D eigenvalue weighted by Gasteiger charge is -2.10. The van der Waals surface area contributed by atoms with Crippen molar-refractivity contribution in [3.63, 3.8) is 0 Å². The molecule has 16 heavy (non-hydrogen) atoms. The molecule has 0 aliphatic heterocycles. The highest BCUT2D eigenvalue weighted by atomic mass is 32.1. The zero-order valence-corrected chi connectivity index (χ0v) is 9.61. The smallest absolute Gasteiger partial charge is 0.416 e. The van der Waals surface area contributed by atoms with Crippen LogP contribution in [0.15, 0.2) is 18.3 Å². The number of hydrogen-bond acceptors (Lipinski definition) is 3. The molecule has 0 saturated heterocycles. The zero-order chi connectivity index (χ0) is 11.9. The van der Waals surface area contributed by atoms with E-state index >= 15 is 0 Å². The molecule has 0 aliphatic carbocycles. The van der Waals surface area contributed by atoms with Crippen molar-refractivity contribution in [3.8, 4) is 0 Å². The van der Waals surface area contributed by atoms with Gasteiger partial charge in [-0.3, -0.25) is 9.36 Å². The number of amides is 1. The van der Waals surface area contributed by atoms with E-state index in [-0.39, 0.29) is 5.91 Å². The molecular formula is C10H10N2O3S. The Morgan fingerprint density at radius 2 is 2.19 bits per heavy atom. The van der Waals surface area contributed by atoms with Gasteiger partial charge in [0.15, 0.2) is 0 Å². The van der Waals surface area contributed by atoms with Gasteiger partial charge in [0.05, 0.1) is 15.2 Å². The average Bonchev–Trinajstić information content (AvgIpc) is 2.73. The third-order valence-electron chi connectivity index (χ3n) is 2.37. The maximum absolute atomic E-state index is 11.2. The first-order valence-electron chi connectivity index (χ1n) is 4.59. The lowest BCUT2D eigenvalue weighted by atomic mass is 10.4. The van der Waals surface area contributed by atoms with Gasteiger partial charge in [-0.2, -0.15) is 0 Å². The summed E-state index contributed by atoms with van der Waals surface area (Å²) < 4.78 is 1.99. The average molecular weight is 238 g/mol. The summed E-state index contributed by atoms with van der Waals surface area (Å²) in [7, 11) is 1.66. The minimum absolute atomic E-state index is 0.0780. The van der Waals surface area contributed by atoms with E-state index in [0.717, 1.165) is 14.3 Å². The van der Waals surface area contributed by atoms with E-state index in [4.69, 9.17) is 5.11 Å². The third-order valence-corrected chi connectivity index (χ3v) is 3.54. The maximum atomic E-state index is 11.2. The number of nitrogens with zero attached hydrogens (tertiary/aromatic N) is 2. The van der Waals surface area contributed by atoms with Crippen LogP contribution in [0.3, 0.4) is 0 Å². The van der Waals surface area contributed by atoms with Gasteiger partial charge in [0, 0.05) is 20.2 Å². The zero-order valence-electron chi connectivity index (χ0n) is 8.80. The molecule has 0 saturated carbocycles. The first kappa shape index (κ1) is 10.7. The fourth-order valence-electron chi connectivity index (χ4n) is 1.40. The molecule has 1 amide bonds. The van der Waals surface area contributed by atoms with Crippen LogP contribution in [0, 0.1) is 0 Å². The Bertz CT molecular complexity index is 570. The molecular weight excluding hydrogens is 228 g/mol. The first-order chi connectivity index (χ1) is 7.50. The van der Waals surface area contributed by atoms with Crippen LogP contribution < -0.4 is 4.90 Å². The van der Waals surface area contributed by atoms with Crippen molar-refractivity contribution in [1.82, 2.24) is 4.57 Å². The van der Waals surface area contributed by atoms with Gasteiger partial charge in [0.1, 0.15) is 0 Å². The Balaban J connectivity index is 2.52. The van der Waals surface area contributed by atoms with Gasteiger partial charge in [0.25, 0.3) is 0 Å². The Hall–Kier alpha value is -1.82. The highest BCUT2D eigenvalue weighted by Gasteiger charge is 2.14. The van der Waals surface area contributed by atoms with Crippen LogP contribution in [-0.2, 0) is 4.79 Å². The van der Waals surface area contributed by atoms with Crippen LogP contribution in [0.5, 0.6) is 0 Å². The van der Waals surface area contributed by atoms with Crippen LogP contribution in [0.25, 0.3) is 10.2 Å². The van der Waals surface area contributed by atoms with Crippen LogP contribution in [0.2, 0.25) is 0 Å². The molecule has 0 aromatic carbocycles. The van der Waals surface area contributed by atoms with Crippen LogP contribution in [0.1, 0.15) is 6.92 Å². The molecule has 0 unspecified atom stereocenters. The van der Waals surface area contributed by atoms with E-state index < -0.39 is 6.09 Å². The fourth-order valence-corrected chi connectivity index (χ4v) is 2.45. The topological polar surface area (TPSA) is 62.5 Å². The molecule has 2 heterocycles. The molecule has 0 spiro atoms. The van der Waals surface area contributed by atoms with Crippen LogP contribution in [-0.4, -0.2) is 28.7 Å². The summed E-state index contributed by atoms with van der Waals surface area (Å²) in [6.45, 7) is 1.47. The van der Waals surface area contributed by atoms with Crippen LogP contribution in [0.4, 0.5) is 9.80 Å². The molecule has 6 heteroatoms. The molecule has 0 atom stereocenters. The molecule has 2 rings (SSSR count). The molecule has 0 radical (unpaired) electrons. The molecule has 1 N–H and O–H groups in total. The van der Waals surface area contributed by atoms with E-state index in [1.165, 1.54) is 29.4 Å².